The summed E-state index contributed by atoms with van der Waals surface area (Å²) in [5, 5.41) is 6.95. The summed E-state index contributed by atoms with van der Waals surface area (Å²) in [5.74, 6) is 0.646. The third kappa shape index (κ3) is 4.90. The molecular formula is C25H24ClN3O2. The van der Waals surface area contributed by atoms with Crippen molar-refractivity contribution in [2.75, 3.05) is 37.9 Å². The molecule has 31 heavy (non-hydrogen) atoms. The number of benzene rings is 3. The highest BCUT2D eigenvalue weighted by molar-refractivity contribution is 6.38. The first kappa shape index (κ1) is 21.0. The van der Waals surface area contributed by atoms with Gasteiger partial charge in [0.2, 0.25) is 0 Å². The molecule has 0 aliphatic carbocycles. The topological polar surface area (TPSA) is 53.6 Å². The first-order valence-electron chi connectivity index (χ1n) is 10.1. The summed E-state index contributed by atoms with van der Waals surface area (Å²) in [6.07, 6.45) is 0. The van der Waals surface area contributed by atoms with Crippen LogP contribution in [0.1, 0.15) is 11.1 Å². The standard InChI is InChI=1S/C25H24ClN3O2/c1-29(2)14-15-31-20-11-9-19(10-12-20)27-24(17-6-4-3-5-7-17)23-21-13-8-18(26)16-22(21)28-25(23)30/h3-13,16,27H,14-15H2,1-2H3,(H,28,30)/b24-23-. The quantitative estimate of drug-likeness (QED) is 0.502. The van der Waals surface area contributed by atoms with Gasteiger partial charge in [0, 0.05) is 22.8 Å². The number of halogens is 1. The Morgan fingerprint density at radius 1 is 1.03 bits per heavy atom. The van der Waals surface area contributed by atoms with Crippen LogP contribution >= 0.6 is 11.6 Å². The molecule has 5 nitrogen and oxygen atoms in total. The number of nitrogens with one attached hydrogen (secondary N) is 2. The number of carbonyl (C=O) groups is 1. The maximum Gasteiger partial charge on any atom is 0.258 e. The molecule has 6 heteroatoms. The van der Waals surface area contributed by atoms with Gasteiger partial charge in [-0.2, -0.15) is 0 Å². The summed E-state index contributed by atoms with van der Waals surface area (Å²) in [6.45, 7) is 1.47. The maximum absolute atomic E-state index is 12.9. The van der Waals surface area contributed by atoms with Crippen LogP contribution in [0.4, 0.5) is 11.4 Å². The number of nitrogens with zero attached hydrogens (tertiary/aromatic N) is 1. The lowest BCUT2D eigenvalue weighted by atomic mass is 10.00. The van der Waals surface area contributed by atoms with Crippen molar-refractivity contribution in [1.82, 2.24) is 4.90 Å². The molecule has 4 rings (SSSR count). The van der Waals surface area contributed by atoms with Crippen molar-refractivity contribution in [1.29, 1.82) is 0 Å². The van der Waals surface area contributed by atoms with Crippen LogP contribution in [-0.4, -0.2) is 38.1 Å². The molecule has 0 spiro atoms. The zero-order chi connectivity index (χ0) is 21.8. The van der Waals surface area contributed by atoms with Gasteiger partial charge in [-0.05, 0) is 56.1 Å². The molecule has 2 N–H and O–H groups in total. The van der Waals surface area contributed by atoms with Gasteiger partial charge in [-0.1, -0.05) is 48.0 Å². The van der Waals surface area contributed by atoms with Crippen molar-refractivity contribution in [2.24, 2.45) is 0 Å². The molecule has 0 radical (unpaired) electrons. The number of hydrogen-bond acceptors (Lipinski definition) is 4. The van der Waals surface area contributed by atoms with Crippen molar-refractivity contribution in [3.63, 3.8) is 0 Å². The summed E-state index contributed by atoms with van der Waals surface area (Å²) >= 11 is 6.12. The second-order valence-electron chi connectivity index (χ2n) is 7.56. The van der Waals surface area contributed by atoms with Crippen molar-refractivity contribution in [3.8, 4) is 5.75 Å². The van der Waals surface area contributed by atoms with Gasteiger partial charge in [-0.15, -0.1) is 0 Å². The van der Waals surface area contributed by atoms with Crippen LogP contribution in [0.3, 0.4) is 0 Å². The van der Waals surface area contributed by atoms with Crippen LogP contribution in [0.15, 0.2) is 72.8 Å². The first-order chi connectivity index (χ1) is 15.0. The van der Waals surface area contributed by atoms with E-state index in [0.717, 1.165) is 34.8 Å². The molecule has 3 aromatic rings. The van der Waals surface area contributed by atoms with E-state index in [1.807, 2.05) is 74.8 Å². The molecule has 1 amide bonds. The smallest absolute Gasteiger partial charge is 0.258 e. The minimum Gasteiger partial charge on any atom is -0.492 e. The van der Waals surface area contributed by atoms with Crippen LogP contribution in [0.5, 0.6) is 5.75 Å². The third-order valence-electron chi connectivity index (χ3n) is 4.97. The molecule has 0 atom stereocenters. The number of rotatable bonds is 7. The molecule has 3 aromatic carbocycles. The molecule has 1 aliphatic rings. The Bertz CT molecular complexity index is 1110. The minimum absolute atomic E-state index is 0.160. The van der Waals surface area contributed by atoms with E-state index < -0.39 is 0 Å². The van der Waals surface area contributed by atoms with E-state index in [0.29, 0.717) is 22.9 Å². The van der Waals surface area contributed by atoms with Crippen LogP contribution in [-0.2, 0) is 4.79 Å². The second kappa shape index (κ2) is 9.25. The van der Waals surface area contributed by atoms with Crippen LogP contribution in [0.25, 0.3) is 11.3 Å². The van der Waals surface area contributed by atoms with Crippen molar-refractivity contribution >= 4 is 40.2 Å². The largest absolute Gasteiger partial charge is 0.492 e. The Hall–Kier alpha value is -3.28. The summed E-state index contributed by atoms with van der Waals surface area (Å²) in [6, 6.07) is 23.0. The van der Waals surface area contributed by atoms with Crippen molar-refractivity contribution in [3.05, 3.63) is 88.9 Å². The molecule has 0 saturated carbocycles. The normalized spacial score (nSPS) is 14.3. The minimum atomic E-state index is -0.160. The van der Waals surface area contributed by atoms with Gasteiger partial charge in [0.1, 0.15) is 12.4 Å². The molecular weight excluding hydrogens is 410 g/mol. The van der Waals surface area contributed by atoms with Gasteiger partial charge < -0.3 is 20.3 Å². The predicted molar refractivity (Wildman–Crippen MR) is 127 cm³/mol. The average Bonchev–Trinajstić information content (AvgIpc) is 3.08. The van der Waals surface area contributed by atoms with E-state index in [1.54, 1.807) is 12.1 Å². The van der Waals surface area contributed by atoms with E-state index in [4.69, 9.17) is 16.3 Å². The molecule has 0 fully saturated rings. The molecule has 0 aromatic heterocycles. The summed E-state index contributed by atoms with van der Waals surface area (Å²) < 4.78 is 5.78. The zero-order valence-corrected chi connectivity index (χ0v) is 18.2. The van der Waals surface area contributed by atoms with E-state index in [-0.39, 0.29) is 5.91 Å². The van der Waals surface area contributed by atoms with E-state index in [9.17, 15) is 4.79 Å². The lowest BCUT2D eigenvalue weighted by Crippen LogP contribution is -2.19. The van der Waals surface area contributed by atoms with Crippen molar-refractivity contribution < 1.29 is 9.53 Å². The Labute approximate surface area is 187 Å². The fourth-order valence-electron chi connectivity index (χ4n) is 3.40. The van der Waals surface area contributed by atoms with Crippen LogP contribution in [0, 0.1) is 0 Å². The number of hydrogen-bond donors (Lipinski definition) is 2. The van der Waals surface area contributed by atoms with E-state index >= 15 is 0 Å². The highest BCUT2D eigenvalue weighted by atomic mass is 35.5. The fraction of sp³-hybridized carbons (Fsp3) is 0.160. The number of likely N-dealkylation sites (N-methyl/N-ethyl adjacent to an activating group) is 1. The number of ether oxygens (including phenoxy) is 1. The SMILES string of the molecule is CN(C)CCOc1ccc(N/C(=C2\C(=O)Nc3cc(Cl)ccc32)c2ccccc2)cc1. The molecule has 1 heterocycles. The number of amides is 1. The molecule has 0 saturated heterocycles. The van der Waals surface area contributed by atoms with Gasteiger partial charge in [0.15, 0.2) is 0 Å². The van der Waals surface area contributed by atoms with Crippen LogP contribution < -0.4 is 15.4 Å². The number of fused-ring (bicyclic) bond motifs is 1. The summed E-state index contributed by atoms with van der Waals surface area (Å²) in [5.41, 5.74) is 4.64. The Morgan fingerprint density at radius 3 is 2.48 bits per heavy atom. The first-order valence-corrected chi connectivity index (χ1v) is 10.4. The lowest BCUT2D eigenvalue weighted by molar-refractivity contribution is -0.110. The highest BCUT2D eigenvalue weighted by Gasteiger charge is 2.28. The van der Waals surface area contributed by atoms with Gasteiger partial charge in [-0.25, -0.2) is 0 Å². The fourth-order valence-corrected chi connectivity index (χ4v) is 3.57. The van der Waals surface area contributed by atoms with Gasteiger partial charge in [0.05, 0.1) is 17.0 Å². The molecule has 158 valence electrons. The predicted octanol–water partition coefficient (Wildman–Crippen LogP) is 5.21. The lowest BCUT2D eigenvalue weighted by Gasteiger charge is -2.15. The summed E-state index contributed by atoms with van der Waals surface area (Å²) in [7, 11) is 4.03. The van der Waals surface area contributed by atoms with Gasteiger partial charge in [-0.3, -0.25) is 4.79 Å². The van der Waals surface area contributed by atoms with Crippen LogP contribution in [0.2, 0.25) is 5.02 Å². The second-order valence-corrected chi connectivity index (χ2v) is 8.00. The highest BCUT2D eigenvalue weighted by Crippen LogP contribution is 2.38. The third-order valence-corrected chi connectivity index (χ3v) is 5.20. The number of anilines is 2. The van der Waals surface area contributed by atoms with Gasteiger partial charge >= 0.3 is 0 Å². The van der Waals surface area contributed by atoms with Crippen molar-refractivity contribution in [2.45, 2.75) is 0 Å². The van der Waals surface area contributed by atoms with E-state index in [1.165, 1.54) is 0 Å². The molecule has 1 aliphatic heterocycles. The zero-order valence-electron chi connectivity index (χ0n) is 17.5. The maximum atomic E-state index is 12.9. The molecule has 0 bridgehead atoms. The number of carbonyl (C=O) groups excluding carboxylic acids is 1. The summed E-state index contributed by atoms with van der Waals surface area (Å²) in [4.78, 5) is 15.0. The van der Waals surface area contributed by atoms with E-state index in [2.05, 4.69) is 15.5 Å². The average molecular weight is 434 g/mol. The Kier molecular flexibility index (Phi) is 6.26. The monoisotopic (exact) mass is 433 g/mol. The van der Waals surface area contributed by atoms with Gasteiger partial charge in [0.25, 0.3) is 5.91 Å². The Morgan fingerprint density at radius 2 is 1.77 bits per heavy atom. The Balaban J connectivity index is 1.67. The molecule has 0 unspecified atom stereocenters.